The number of nitrogens with zero attached hydrogens (tertiary/aromatic N) is 1. The Hall–Kier alpha value is -0.510. The van der Waals surface area contributed by atoms with Crippen LogP contribution in [0.1, 0.15) is 32.8 Å². The largest absolute Gasteiger partial charge is 0.379 e. The molecule has 0 aromatic heterocycles. The van der Waals surface area contributed by atoms with E-state index in [1.165, 1.54) is 29.8 Å². The lowest BCUT2D eigenvalue weighted by Gasteiger charge is -2.26. The molecule has 1 aromatic rings. The molecule has 0 radical (unpaired) electrons. The van der Waals surface area contributed by atoms with E-state index in [1.54, 1.807) is 0 Å². The van der Waals surface area contributed by atoms with Gasteiger partial charge < -0.3 is 4.74 Å². The summed E-state index contributed by atoms with van der Waals surface area (Å²) in [7, 11) is 0. The number of rotatable bonds is 5. The molecule has 0 amide bonds. The zero-order valence-corrected chi connectivity index (χ0v) is 13.8. The molecule has 1 saturated heterocycles. The minimum atomic E-state index is 0.278. The molecule has 1 heterocycles. The normalized spacial score (nSPS) is 17.4. The Kier molecular flexibility index (Phi) is 5.94. The summed E-state index contributed by atoms with van der Waals surface area (Å²) < 4.78 is 5.67. The van der Waals surface area contributed by atoms with Crippen LogP contribution >= 0.6 is 11.8 Å². The molecular formula is C17H27NOS. The van der Waals surface area contributed by atoms with Gasteiger partial charge in [0.2, 0.25) is 0 Å². The standard InChI is InChI=1S/C17H27NOS/c1-17(2,3)20-16-9-5-4-7-15(16)8-6-10-18-11-13-19-14-12-18/h4-5,7,9H,6,8,10-14H2,1-3H3. The van der Waals surface area contributed by atoms with Crippen LogP contribution in [-0.2, 0) is 11.2 Å². The highest BCUT2D eigenvalue weighted by molar-refractivity contribution is 8.00. The van der Waals surface area contributed by atoms with Crippen molar-refractivity contribution >= 4 is 11.8 Å². The van der Waals surface area contributed by atoms with Gasteiger partial charge in [0.05, 0.1) is 13.2 Å². The van der Waals surface area contributed by atoms with Gasteiger partial charge in [0.25, 0.3) is 0 Å². The molecule has 20 heavy (non-hydrogen) atoms. The van der Waals surface area contributed by atoms with Gasteiger partial charge in [0, 0.05) is 22.7 Å². The summed E-state index contributed by atoms with van der Waals surface area (Å²) in [4.78, 5) is 3.96. The lowest BCUT2D eigenvalue weighted by Crippen LogP contribution is -2.36. The first kappa shape index (κ1) is 15.9. The fraction of sp³-hybridized carbons (Fsp3) is 0.647. The molecule has 0 bridgehead atoms. The van der Waals surface area contributed by atoms with Gasteiger partial charge in [-0.1, -0.05) is 39.0 Å². The SMILES string of the molecule is CC(C)(C)Sc1ccccc1CCCN1CCOCC1. The average Bonchev–Trinajstić information content (AvgIpc) is 2.40. The summed E-state index contributed by atoms with van der Waals surface area (Å²) in [5.41, 5.74) is 1.50. The van der Waals surface area contributed by atoms with Crippen LogP contribution in [0.25, 0.3) is 0 Å². The third-order valence-electron chi connectivity index (χ3n) is 3.41. The Bertz CT molecular complexity index is 408. The second-order valence-corrected chi connectivity index (χ2v) is 8.25. The summed E-state index contributed by atoms with van der Waals surface area (Å²) in [5, 5.41) is 0. The minimum Gasteiger partial charge on any atom is -0.379 e. The van der Waals surface area contributed by atoms with Crippen molar-refractivity contribution in [2.45, 2.75) is 43.3 Å². The monoisotopic (exact) mass is 293 g/mol. The van der Waals surface area contributed by atoms with Gasteiger partial charge in [0.1, 0.15) is 0 Å². The Labute approximate surface area is 127 Å². The third-order valence-corrected chi connectivity index (χ3v) is 4.64. The van der Waals surface area contributed by atoms with E-state index in [4.69, 9.17) is 4.74 Å². The highest BCUT2D eigenvalue weighted by Crippen LogP contribution is 2.34. The molecule has 0 N–H and O–H groups in total. The lowest BCUT2D eigenvalue weighted by atomic mass is 10.1. The molecule has 0 aliphatic carbocycles. The van der Waals surface area contributed by atoms with Crippen molar-refractivity contribution in [1.29, 1.82) is 0 Å². The maximum atomic E-state index is 5.39. The minimum absolute atomic E-state index is 0.278. The maximum absolute atomic E-state index is 5.39. The highest BCUT2D eigenvalue weighted by Gasteiger charge is 2.15. The van der Waals surface area contributed by atoms with E-state index in [1.807, 2.05) is 11.8 Å². The van der Waals surface area contributed by atoms with E-state index in [0.29, 0.717) is 0 Å². The van der Waals surface area contributed by atoms with Crippen LogP contribution in [0, 0.1) is 0 Å². The molecule has 112 valence electrons. The summed E-state index contributed by atoms with van der Waals surface area (Å²) >= 11 is 1.98. The van der Waals surface area contributed by atoms with E-state index in [-0.39, 0.29) is 4.75 Å². The molecule has 1 aliphatic heterocycles. The molecule has 2 rings (SSSR count). The molecule has 3 heteroatoms. The number of morpholine rings is 1. The van der Waals surface area contributed by atoms with Gasteiger partial charge in [-0.2, -0.15) is 0 Å². The first-order chi connectivity index (χ1) is 9.54. The van der Waals surface area contributed by atoms with Crippen LogP contribution in [0.5, 0.6) is 0 Å². The smallest absolute Gasteiger partial charge is 0.0594 e. The summed E-state index contributed by atoms with van der Waals surface area (Å²) in [5.74, 6) is 0. The number of hydrogen-bond donors (Lipinski definition) is 0. The molecule has 0 atom stereocenters. The molecule has 2 nitrogen and oxygen atoms in total. The predicted molar refractivity (Wildman–Crippen MR) is 87.6 cm³/mol. The van der Waals surface area contributed by atoms with Crippen LogP contribution in [0.3, 0.4) is 0 Å². The summed E-state index contributed by atoms with van der Waals surface area (Å²) in [6.45, 7) is 12.0. The first-order valence-electron chi connectivity index (χ1n) is 7.62. The van der Waals surface area contributed by atoms with Crippen molar-refractivity contribution in [3.05, 3.63) is 29.8 Å². The van der Waals surface area contributed by atoms with Crippen molar-refractivity contribution in [3.63, 3.8) is 0 Å². The zero-order chi connectivity index (χ0) is 14.4. The Morgan fingerprint density at radius 3 is 2.55 bits per heavy atom. The van der Waals surface area contributed by atoms with E-state index in [0.717, 1.165) is 26.3 Å². The predicted octanol–water partition coefficient (Wildman–Crippen LogP) is 3.84. The molecule has 0 spiro atoms. The maximum Gasteiger partial charge on any atom is 0.0594 e. The van der Waals surface area contributed by atoms with E-state index >= 15 is 0 Å². The van der Waals surface area contributed by atoms with Crippen molar-refractivity contribution in [3.8, 4) is 0 Å². The molecule has 1 fully saturated rings. The molecule has 1 aromatic carbocycles. The summed E-state index contributed by atoms with van der Waals surface area (Å²) in [6.07, 6.45) is 2.42. The lowest BCUT2D eigenvalue weighted by molar-refractivity contribution is 0.0374. The second kappa shape index (κ2) is 7.48. The van der Waals surface area contributed by atoms with Crippen LogP contribution in [0.2, 0.25) is 0 Å². The quantitative estimate of drug-likeness (QED) is 0.765. The topological polar surface area (TPSA) is 12.5 Å². The number of aryl methyl sites for hydroxylation is 1. The Balaban J connectivity index is 1.85. The second-order valence-electron chi connectivity index (χ2n) is 6.38. The van der Waals surface area contributed by atoms with Gasteiger partial charge in [0.15, 0.2) is 0 Å². The van der Waals surface area contributed by atoms with Crippen molar-refractivity contribution in [1.82, 2.24) is 4.90 Å². The van der Waals surface area contributed by atoms with Crippen LogP contribution in [-0.4, -0.2) is 42.5 Å². The van der Waals surface area contributed by atoms with Gasteiger partial charge in [-0.05, 0) is 31.0 Å². The van der Waals surface area contributed by atoms with Crippen molar-refractivity contribution in [2.75, 3.05) is 32.8 Å². The van der Waals surface area contributed by atoms with Crippen molar-refractivity contribution in [2.24, 2.45) is 0 Å². The highest BCUT2D eigenvalue weighted by atomic mass is 32.2. The Morgan fingerprint density at radius 1 is 1.15 bits per heavy atom. The number of benzene rings is 1. The van der Waals surface area contributed by atoms with Gasteiger partial charge in [-0.25, -0.2) is 0 Å². The zero-order valence-electron chi connectivity index (χ0n) is 13.0. The Morgan fingerprint density at radius 2 is 1.85 bits per heavy atom. The molecule has 0 unspecified atom stereocenters. The van der Waals surface area contributed by atoms with Gasteiger partial charge in [-0.3, -0.25) is 4.90 Å². The third kappa shape index (κ3) is 5.47. The van der Waals surface area contributed by atoms with Crippen LogP contribution in [0.15, 0.2) is 29.2 Å². The fourth-order valence-electron chi connectivity index (χ4n) is 2.46. The number of thioether (sulfide) groups is 1. The van der Waals surface area contributed by atoms with Gasteiger partial charge >= 0.3 is 0 Å². The molecule has 0 saturated carbocycles. The van der Waals surface area contributed by atoms with E-state index in [2.05, 4.69) is 49.9 Å². The molecular weight excluding hydrogens is 266 g/mol. The van der Waals surface area contributed by atoms with Crippen LogP contribution < -0.4 is 0 Å². The van der Waals surface area contributed by atoms with Crippen LogP contribution in [0.4, 0.5) is 0 Å². The number of hydrogen-bond acceptors (Lipinski definition) is 3. The fourth-order valence-corrected chi connectivity index (χ4v) is 3.57. The van der Waals surface area contributed by atoms with Crippen molar-refractivity contribution < 1.29 is 4.74 Å². The van der Waals surface area contributed by atoms with Gasteiger partial charge in [-0.15, -0.1) is 11.8 Å². The summed E-state index contributed by atoms with van der Waals surface area (Å²) in [6, 6.07) is 8.86. The number of ether oxygens (including phenoxy) is 1. The van der Waals surface area contributed by atoms with E-state index < -0.39 is 0 Å². The first-order valence-corrected chi connectivity index (χ1v) is 8.43. The van der Waals surface area contributed by atoms with E-state index in [9.17, 15) is 0 Å². The average molecular weight is 293 g/mol. The molecule has 1 aliphatic rings.